The first-order valence-electron chi connectivity index (χ1n) is 8.09. The fraction of sp³-hybridized carbons (Fsp3) is 1.00. The third-order valence-corrected chi connectivity index (χ3v) is 3.75. The van der Waals surface area contributed by atoms with Gasteiger partial charge in [-0.1, -0.05) is 51.9 Å². The molecule has 0 spiro atoms. The van der Waals surface area contributed by atoms with E-state index in [4.69, 9.17) is 14.2 Å². The predicted molar refractivity (Wildman–Crippen MR) is 78.6 cm³/mol. The van der Waals surface area contributed by atoms with Gasteiger partial charge in [0.15, 0.2) is 0 Å². The maximum Gasteiger partial charge on any atom is 0.104 e. The SMILES string of the molecule is CCCCCCCCCC(CCOCC1CO1)OC. The quantitative estimate of drug-likeness (QED) is 0.354. The van der Waals surface area contributed by atoms with Crippen LogP contribution in [0.25, 0.3) is 0 Å². The van der Waals surface area contributed by atoms with Crippen LogP contribution in [0.2, 0.25) is 0 Å². The van der Waals surface area contributed by atoms with Gasteiger partial charge in [0.25, 0.3) is 0 Å². The smallest absolute Gasteiger partial charge is 0.104 e. The van der Waals surface area contributed by atoms with Crippen molar-refractivity contribution in [2.24, 2.45) is 0 Å². The number of ether oxygens (including phenoxy) is 3. The van der Waals surface area contributed by atoms with Gasteiger partial charge in [-0.2, -0.15) is 0 Å². The van der Waals surface area contributed by atoms with E-state index < -0.39 is 0 Å². The maximum atomic E-state index is 5.56. The van der Waals surface area contributed by atoms with Crippen LogP contribution in [-0.2, 0) is 14.2 Å². The molecule has 3 heteroatoms. The van der Waals surface area contributed by atoms with Gasteiger partial charge in [-0.05, 0) is 12.8 Å². The second kappa shape index (κ2) is 11.7. The highest BCUT2D eigenvalue weighted by atomic mass is 16.6. The van der Waals surface area contributed by atoms with E-state index in [1.165, 1.54) is 51.4 Å². The van der Waals surface area contributed by atoms with Gasteiger partial charge >= 0.3 is 0 Å². The Morgan fingerprint density at radius 1 is 1.05 bits per heavy atom. The van der Waals surface area contributed by atoms with E-state index in [1.54, 1.807) is 0 Å². The Bertz CT molecular complexity index is 192. The molecule has 0 bridgehead atoms. The summed E-state index contributed by atoms with van der Waals surface area (Å²) < 4.78 is 16.2. The van der Waals surface area contributed by atoms with E-state index in [0.29, 0.717) is 12.2 Å². The molecule has 1 fully saturated rings. The van der Waals surface area contributed by atoms with Gasteiger partial charge in [-0.25, -0.2) is 0 Å². The summed E-state index contributed by atoms with van der Waals surface area (Å²) in [6.07, 6.45) is 12.5. The number of rotatable bonds is 14. The summed E-state index contributed by atoms with van der Waals surface area (Å²) in [4.78, 5) is 0. The molecule has 0 aliphatic carbocycles. The van der Waals surface area contributed by atoms with Crippen molar-refractivity contribution in [3.05, 3.63) is 0 Å². The fourth-order valence-corrected chi connectivity index (χ4v) is 2.30. The molecule has 1 saturated heterocycles. The summed E-state index contributed by atoms with van der Waals surface area (Å²) in [7, 11) is 1.82. The first-order chi connectivity index (χ1) is 9.36. The number of hydrogen-bond donors (Lipinski definition) is 0. The highest BCUT2D eigenvalue weighted by Gasteiger charge is 2.22. The van der Waals surface area contributed by atoms with Crippen molar-refractivity contribution >= 4 is 0 Å². The van der Waals surface area contributed by atoms with Crippen molar-refractivity contribution in [3.8, 4) is 0 Å². The highest BCUT2D eigenvalue weighted by molar-refractivity contribution is 4.67. The van der Waals surface area contributed by atoms with Gasteiger partial charge in [0, 0.05) is 13.7 Å². The number of unbranched alkanes of at least 4 members (excludes halogenated alkanes) is 6. The average Bonchev–Trinajstić information content (AvgIpc) is 3.24. The first kappa shape index (κ1) is 16.9. The van der Waals surface area contributed by atoms with Gasteiger partial charge in [-0.15, -0.1) is 0 Å². The lowest BCUT2D eigenvalue weighted by Crippen LogP contribution is -2.15. The van der Waals surface area contributed by atoms with Gasteiger partial charge in [-0.3, -0.25) is 0 Å². The van der Waals surface area contributed by atoms with E-state index in [-0.39, 0.29) is 0 Å². The Morgan fingerprint density at radius 3 is 2.37 bits per heavy atom. The zero-order valence-corrected chi connectivity index (χ0v) is 12.9. The molecule has 1 heterocycles. The number of epoxide rings is 1. The zero-order valence-electron chi connectivity index (χ0n) is 12.9. The first-order valence-corrected chi connectivity index (χ1v) is 8.09. The molecular formula is C16H32O3. The molecular weight excluding hydrogens is 240 g/mol. The third-order valence-electron chi connectivity index (χ3n) is 3.75. The molecule has 114 valence electrons. The van der Waals surface area contributed by atoms with E-state index in [0.717, 1.165) is 26.2 Å². The molecule has 0 aromatic rings. The Morgan fingerprint density at radius 2 is 1.74 bits per heavy atom. The van der Waals surface area contributed by atoms with Crippen LogP contribution in [-0.4, -0.2) is 39.1 Å². The minimum absolute atomic E-state index is 0.371. The van der Waals surface area contributed by atoms with Crippen molar-refractivity contribution in [1.29, 1.82) is 0 Å². The molecule has 0 aromatic carbocycles. The standard InChI is InChI=1S/C16H32O3/c1-3-4-5-6-7-8-9-10-15(17-2)11-12-18-13-16-14-19-16/h15-16H,3-14H2,1-2H3. The number of methoxy groups -OCH3 is 1. The summed E-state index contributed by atoms with van der Waals surface area (Å²) in [6, 6.07) is 0. The molecule has 0 aromatic heterocycles. The molecule has 2 unspecified atom stereocenters. The van der Waals surface area contributed by atoms with E-state index >= 15 is 0 Å². The molecule has 0 amide bonds. The van der Waals surface area contributed by atoms with Crippen LogP contribution >= 0.6 is 0 Å². The highest BCUT2D eigenvalue weighted by Crippen LogP contribution is 2.13. The normalized spacial score (nSPS) is 19.6. The van der Waals surface area contributed by atoms with Crippen LogP contribution in [0.3, 0.4) is 0 Å². The lowest BCUT2D eigenvalue weighted by atomic mass is 10.1. The lowest BCUT2D eigenvalue weighted by Gasteiger charge is -2.15. The van der Waals surface area contributed by atoms with Gasteiger partial charge < -0.3 is 14.2 Å². The monoisotopic (exact) mass is 272 g/mol. The Hall–Kier alpha value is -0.120. The molecule has 0 saturated carbocycles. The second-order valence-electron chi connectivity index (χ2n) is 5.59. The van der Waals surface area contributed by atoms with Crippen molar-refractivity contribution in [1.82, 2.24) is 0 Å². The van der Waals surface area contributed by atoms with E-state index in [1.807, 2.05) is 7.11 Å². The summed E-state index contributed by atoms with van der Waals surface area (Å²) in [5, 5.41) is 0. The molecule has 0 N–H and O–H groups in total. The molecule has 1 rings (SSSR count). The maximum absolute atomic E-state index is 5.56. The summed E-state index contributed by atoms with van der Waals surface area (Å²) >= 11 is 0. The van der Waals surface area contributed by atoms with Crippen LogP contribution < -0.4 is 0 Å². The summed E-state index contributed by atoms with van der Waals surface area (Å²) in [5.41, 5.74) is 0. The van der Waals surface area contributed by atoms with Gasteiger partial charge in [0.2, 0.25) is 0 Å². The van der Waals surface area contributed by atoms with E-state index in [9.17, 15) is 0 Å². The summed E-state index contributed by atoms with van der Waals surface area (Å²) in [5.74, 6) is 0. The van der Waals surface area contributed by atoms with Gasteiger partial charge in [0.05, 0.1) is 19.3 Å². The zero-order chi connectivity index (χ0) is 13.8. The van der Waals surface area contributed by atoms with Gasteiger partial charge in [0.1, 0.15) is 6.10 Å². The molecule has 0 radical (unpaired) electrons. The van der Waals surface area contributed by atoms with Crippen molar-refractivity contribution in [2.45, 2.75) is 76.9 Å². The molecule has 2 atom stereocenters. The van der Waals surface area contributed by atoms with Crippen LogP contribution in [0.15, 0.2) is 0 Å². The number of hydrogen-bond acceptors (Lipinski definition) is 3. The second-order valence-corrected chi connectivity index (χ2v) is 5.59. The topological polar surface area (TPSA) is 31.0 Å². The minimum Gasteiger partial charge on any atom is -0.381 e. The third kappa shape index (κ3) is 10.3. The molecule has 1 aliphatic heterocycles. The Labute approximate surface area is 119 Å². The van der Waals surface area contributed by atoms with E-state index in [2.05, 4.69) is 6.92 Å². The molecule has 19 heavy (non-hydrogen) atoms. The minimum atomic E-state index is 0.371. The average molecular weight is 272 g/mol. The van der Waals surface area contributed by atoms with Crippen LogP contribution in [0.5, 0.6) is 0 Å². The Kier molecular flexibility index (Phi) is 10.4. The lowest BCUT2D eigenvalue weighted by molar-refractivity contribution is 0.0418. The van der Waals surface area contributed by atoms with Crippen LogP contribution in [0.1, 0.15) is 64.7 Å². The van der Waals surface area contributed by atoms with Crippen molar-refractivity contribution < 1.29 is 14.2 Å². The van der Waals surface area contributed by atoms with Crippen molar-refractivity contribution in [2.75, 3.05) is 26.9 Å². The summed E-state index contributed by atoms with van der Waals surface area (Å²) in [6.45, 7) is 4.70. The molecule has 1 aliphatic rings. The Balaban J connectivity index is 1.83. The molecule has 3 nitrogen and oxygen atoms in total. The largest absolute Gasteiger partial charge is 0.381 e. The van der Waals surface area contributed by atoms with Crippen LogP contribution in [0, 0.1) is 0 Å². The predicted octanol–water partition coefficient (Wildman–Crippen LogP) is 3.95. The van der Waals surface area contributed by atoms with Crippen molar-refractivity contribution in [3.63, 3.8) is 0 Å². The van der Waals surface area contributed by atoms with Crippen LogP contribution in [0.4, 0.5) is 0 Å². The fourth-order valence-electron chi connectivity index (χ4n) is 2.30.